The van der Waals surface area contributed by atoms with Crippen molar-refractivity contribution in [3.8, 4) is 0 Å². The molecule has 0 unspecified atom stereocenters. The Morgan fingerprint density at radius 1 is 1.29 bits per heavy atom. The van der Waals surface area contributed by atoms with Gasteiger partial charge in [-0.1, -0.05) is 18.2 Å². The number of carbonyl (C=O) groups is 2. The van der Waals surface area contributed by atoms with Crippen molar-refractivity contribution in [2.45, 2.75) is 12.7 Å². The maximum Gasteiger partial charge on any atom is 0.416 e. The fraction of sp³-hybridized carbons (Fsp3) is 0.385. The van der Waals surface area contributed by atoms with E-state index in [1.165, 1.54) is 25.2 Å². The third kappa shape index (κ3) is 5.07. The van der Waals surface area contributed by atoms with Gasteiger partial charge in [-0.25, -0.2) is 0 Å². The molecule has 0 fully saturated rings. The Labute approximate surface area is 119 Å². The molecule has 5 nitrogen and oxygen atoms in total. The van der Waals surface area contributed by atoms with Crippen molar-refractivity contribution in [3.63, 3.8) is 0 Å². The summed E-state index contributed by atoms with van der Waals surface area (Å²) < 4.78 is 38.5. The van der Waals surface area contributed by atoms with Crippen molar-refractivity contribution in [2.75, 3.05) is 20.1 Å². The topological polar surface area (TPSA) is 75.4 Å². The summed E-state index contributed by atoms with van der Waals surface area (Å²) >= 11 is 0. The standard InChI is InChI=1S/C13H16F3N3O2/c1-19(12(21)7-18-11(20)6-17)8-9-4-2-3-5-10(9)13(14,15)16/h2-5H,6-8,17H2,1H3,(H,18,20). The summed E-state index contributed by atoms with van der Waals surface area (Å²) in [5.74, 6) is -1.01. The number of amides is 2. The second-order valence-corrected chi connectivity index (χ2v) is 4.39. The van der Waals surface area contributed by atoms with Gasteiger partial charge in [0, 0.05) is 13.6 Å². The number of hydrogen-bond donors (Lipinski definition) is 2. The molecule has 0 spiro atoms. The average molecular weight is 303 g/mol. The molecule has 0 heterocycles. The van der Waals surface area contributed by atoms with Crippen molar-refractivity contribution in [2.24, 2.45) is 5.73 Å². The maximum absolute atomic E-state index is 12.8. The third-order valence-corrected chi connectivity index (χ3v) is 2.78. The number of nitrogens with two attached hydrogens (primary N) is 1. The third-order valence-electron chi connectivity index (χ3n) is 2.78. The molecule has 0 atom stereocenters. The van der Waals surface area contributed by atoms with E-state index in [1.54, 1.807) is 0 Å². The number of carbonyl (C=O) groups excluding carboxylic acids is 2. The highest BCUT2D eigenvalue weighted by Gasteiger charge is 2.33. The monoisotopic (exact) mass is 303 g/mol. The first-order chi connectivity index (χ1) is 9.75. The molecule has 1 rings (SSSR count). The van der Waals surface area contributed by atoms with Crippen LogP contribution in [-0.2, 0) is 22.3 Å². The van der Waals surface area contributed by atoms with Crippen LogP contribution in [0.15, 0.2) is 24.3 Å². The highest BCUT2D eigenvalue weighted by Crippen LogP contribution is 2.32. The summed E-state index contributed by atoms with van der Waals surface area (Å²) in [5.41, 5.74) is 4.27. The molecule has 0 bridgehead atoms. The number of benzene rings is 1. The minimum Gasteiger partial charge on any atom is -0.346 e. The smallest absolute Gasteiger partial charge is 0.346 e. The molecule has 0 aromatic heterocycles. The van der Waals surface area contributed by atoms with E-state index < -0.39 is 23.6 Å². The lowest BCUT2D eigenvalue weighted by Crippen LogP contribution is -2.40. The predicted octanol–water partition coefficient (Wildman–Crippen LogP) is 0.739. The molecule has 3 N–H and O–H groups in total. The molecule has 0 radical (unpaired) electrons. The molecule has 0 saturated heterocycles. The summed E-state index contributed by atoms with van der Waals surface area (Å²) in [6.07, 6.45) is -4.48. The Hall–Kier alpha value is -2.09. The molecule has 0 aliphatic carbocycles. The molecule has 8 heteroatoms. The van der Waals surface area contributed by atoms with Crippen LogP contribution >= 0.6 is 0 Å². The molecule has 0 aliphatic heterocycles. The molecular formula is C13H16F3N3O2. The average Bonchev–Trinajstić information content (AvgIpc) is 2.43. The summed E-state index contributed by atoms with van der Waals surface area (Å²) in [6.45, 7) is -0.762. The Morgan fingerprint density at radius 2 is 1.90 bits per heavy atom. The minimum atomic E-state index is -4.48. The van der Waals surface area contributed by atoms with Crippen molar-refractivity contribution in [1.29, 1.82) is 0 Å². The summed E-state index contributed by atoms with van der Waals surface area (Å²) in [5, 5.41) is 2.27. The van der Waals surface area contributed by atoms with Gasteiger partial charge < -0.3 is 16.0 Å². The molecule has 1 aromatic rings. The van der Waals surface area contributed by atoms with E-state index >= 15 is 0 Å². The molecule has 2 amide bonds. The highest BCUT2D eigenvalue weighted by atomic mass is 19.4. The van der Waals surface area contributed by atoms with Gasteiger partial charge in [0.2, 0.25) is 11.8 Å². The number of nitrogens with zero attached hydrogens (tertiary/aromatic N) is 1. The summed E-state index contributed by atoms with van der Waals surface area (Å²) in [4.78, 5) is 23.8. The van der Waals surface area contributed by atoms with Gasteiger partial charge in [0.05, 0.1) is 18.7 Å². The lowest BCUT2D eigenvalue weighted by Gasteiger charge is -2.20. The lowest BCUT2D eigenvalue weighted by molar-refractivity contribution is -0.139. The molecule has 1 aromatic carbocycles. The summed E-state index contributed by atoms with van der Waals surface area (Å²) in [6, 6.07) is 5.03. The van der Waals surface area contributed by atoms with Crippen molar-refractivity contribution >= 4 is 11.8 Å². The van der Waals surface area contributed by atoms with Gasteiger partial charge in [0.1, 0.15) is 0 Å². The van der Waals surface area contributed by atoms with E-state index in [1.807, 2.05) is 0 Å². The lowest BCUT2D eigenvalue weighted by atomic mass is 10.1. The van der Waals surface area contributed by atoms with E-state index in [0.717, 1.165) is 11.0 Å². The van der Waals surface area contributed by atoms with Crippen LogP contribution in [0, 0.1) is 0 Å². The normalized spacial score (nSPS) is 11.1. The number of alkyl halides is 3. The maximum atomic E-state index is 12.8. The molecule has 116 valence electrons. The van der Waals surface area contributed by atoms with Gasteiger partial charge in [-0.2, -0.15) is 13.2 Å². The Balaban J connectivity index is 2.73. The Kier molecular flexibility index (Phi) is 5.71. The van der Waals surface area contributed by atoms with E-state index in [2.05, 4.69) is 5.32 Å². The van der Waals surface area contributed by atoms with Crippen LogP contribution in [0.25, 0.3) is 0 Å². The first-order valence-corrected chi connectivity index (χ1v) is 6.11. The van der Waals surface area contributed by atoms with Gasteiger partial charge in [-0.3, -0.25) is 9.59 Å². The SMILES string of the molecule is CN(Cc1ccccc1C(F)(F)F)C(=O)CNC(=O)CN. The van der Waals surface area contributed by atoms with E-state index in [4.69, 9.17) is 5.73 Å². The fourth-order valence-electron chi connectivity index (χ4n) is 1.66. The fourth-order valence-corrected chi connectivity index (χ4v) is 1.66. The van der Waals surface area contributed by atoms with E-state index in [0.29, 0.717) is 0 Å². The summed E-state index contributed by atoms with van der Waals surface area (Å²) in [7, 11) is 1.37. The van der Waals surface area contributed by atoms with Crippen LogP contribution in [0.5, 0.6) is 0 Å². The van der Waals surface area contributed by atoms with Gasteiger partial charge in [-0.05, 0) is 11.6 Å². The van der Waals surface area contributed by atoms with Crippen molar-refractivity contribution in [3.05, 3.63) is 35.4 Å². The van der Waals surface area contributed by atoms with Crippen LogP contribution in [0.1, 0.15) is 11.1 Å². The molecular weight excluding hydrogens is 287 g/mol. The minimum absolute atomic E-state index is 0.00833. The molecule has 21 heavy (non-hydrogen) atoms. The molecule has 0 saturated carbocycles. The first kappa shape index (κ1) is 17.0. The van der Waals surface area contributed by atoms with Crippen LogP contribution in [0.3, 0.4) is 0 Å². The van der Waals surface area contributed by atoms with Gasteiger partial charge in [0.15, 0.2) is 0 Å². The van der Waals surface area contributed by atoms with Crippen LogP contribution < -0.4 is 11.1 Å². The first-order valence-electron chi connectivity index (χ1n) is 6.11. The highest BCUT2D eigenvalue weighted by molar-refractivity contribution is 5.85. The van der Waals surface area contributed by atoms with Crippen LogP contribution in [-0.4, -0.2) is 36.9 Å². The quantitative estimate of drug-likeness (QED) is 0.842. The van der Waals surface area contributed by atoms with Gasteiger partial charge >= 0.3 is 6.18 Å². The van der Waals surface area contributed by atoms with Crippen molar-refractivity contribution < 1.29 is 22.8 Å². The second-order valence-electron chi connectivity index (χ2n) is 4.39. The zero-order chi connectivity index (χ0) is 16.0. The largest absolute Gasteiger partial charge is 0.416 e. The number of halogens is 3. The molecule has 0 aliphatic rings. The van der Waals surface area contributed by atoms with Crippen LogP contribution in [0.4, 0.5) is 13.2 Å². The van der Waals surface area contributed by atoms with E-state index in [-0.39, 0.29) is 25.2 Å². The number of nitrogens with one attached hydrogen (secondary N) is 1. The Morgan fingerprint density at radius 3 is 2.48 bits per heavy atom. The second kappa shape index (κ2) is 7.07. The van der Waals surface area contributed by atoms with Gasteiger partial charge in [-0.15, -0.1) is 0 Å². The number of likely N-dealkylation sites (N-methyl/N-ethyl adjacent to an activating group) is 1. The zero-order valence-corrected chi connectivity index (χ0v) is 11.4. The van der Waals surface area contributed by atoms with E-state index in [9.17, 15) is 22.8 Å². The Bertz CT molecular complexity index is 518. The zero-order valence-electron chi connectivity index (χ0n) is 11.4. The number of hydrogen-bond acceptors (Lipinski definition) is 3. The van der Waals surface area contributed by atoms with Gasteiger partial charge in [0.25, 0.3) is 0 Å². The number of rotatable bonds is 5. The van der Waals surface area contributed by atoms with Crippen LogP contribution in [0.2, 0.25) is 0 Å². The predicted molar refractivity (Wildman–Crippen MR) is 70.0 cm³/mol. The van der Waals surface area contributed by atoms with Crippen molar-refractivity contribution in [1.82, 2.24) is 10.2 Å².